The van der Waals surface area contributed by atoms with E-state index in [0.29, 0.717) is 0 Å². The molecule has 1 unspecified atom stereocenters. The first-order valence-electron chi connectivity index (χ1n) is 8.50. The number of benzene rings is 1. The predicted octanol–water partition coefficient (Wildman–Crippen LogP) is 2.28. The van der Waals surface area contributed by atoms with Crippen molar-refractivity contribution in [3.05, 3.63) is 29.3 Å². The largest absolute Gasteiger partial charge is 0.496 e. The highest BCUT2D eigenvalue weighted by atomic mass is 16.5. The van der Waals surface area contributed by atoms with Gasteiger partial charge in [-0.25, -0.2) is 0 Å². The van der Waals surface area contributed by atoms with E-state index in [0.717, 1.165) is 57.2 Å². The molecule has 2 rings (SSSR count). The lowest BCUT2D eigenvalue weighted by Gasteiger charge is -2.14. The Balaban J connectivity index is 1.86. The Kier molecular flexibility index (Phi) is 7.20. The summed E-state index contributed by atoms with van der Waals surface area (Å²) in [6.07, 6.45) is 3.44. The van der Waals surface area contributed by atoms with Gasteiger partial charge in [-0.2, -0.15) is 0 Å². The topological polar surface area (TPSA) is 54.9 Å². The molecule has 0 aromatic heterocycles. The maximum absolute atomic E-state index is 5.62. The third kappa shape index (κ3) is 5.75. The summed E-state index contributed by atoms with van der Waals surface area (Å²) in [5.74, 6) is 1.80. The highest BCUT2D eigenvalue weighted by Crippen LogP contribution is 2.19. The number of ether oxygens (including phenoxy) is 2. The van der Waals surface area contributed by atoms with Crippen LogP contribution in [0.5, 0.6) is 5.75 Å². The third-order valence-corrected chi connectivity index (χ3v) is 3.94. The van der Waals surface area contributed by atoms with E-state index in [9.17, 15) is 0 Å². The Hall–Kier alpha value is -1.75. The summed E-state index contributed by atoms with van der Waals surface area (Å²) in [6, 6.07) is 6.28. The van der Waals surface area contributed by atoms with Crippen molar-refractivity contribution in [3.8, 4) is 5.75 Å². The van der Waals surface area contributed by atoms with Crippen LogP contribution in [0.15, 0.2) is 23.2 Å². The lowest BCUT2D eigenvalue weighted by Crippen LogP contribution is -2.39. The predicted molar refractivity (Wildman–Crippen MR) is 94.4 cm³/mol. The molecule has 2 N–H and O–H groups in total. The van der Waals surface area contributed by atoms with Crippen molar-refractivity contribution in [2.75, 3.05) is 33.4 Å². The number of aliphatic imine (C=N–C) groups is 1. The van der Waals surface area contributed by atoms with E-state index < -0.39 is 0 Å². The van der Waals surface area contributed by atoms with Crippen LogP contribution in [0.2, 0.25) is 0 Å². The van der Waals surface area contributed by atoms with Crippen LogP contribution in [0.3, 0.4) is 0 Å². The Morgan fingerprint density at radius 2 is 2.26 bits per heavy atom. The van der Waals surface area contributed by atoms with Gasteiger partial charge in [0, 0.05) is 19.7 Å². The minimum Gasteiger partial charge on any atom is -0.496 e. The Bertz CT molecular complexity index is 511. The van der Waals surface area contributed by atoms with E-state index in [2.05, 4.69) is 41.6 Å². The first-order chi connectivity index (χ1) is 11.2. The monoisotopic (exact) mass is 319 g/mol. The first kappa shape index (κ1) is 17.6. The molecule has 1 saturated heterocycles. The number of hydrogen-bond donors (Lipinski definition) is 2. The summed E-state index contributed by atoms with van der Waals surface area (Å²) in [4.78, 5) is 4.62. The van der Waals surface area contributed by atoms with E-state index in [4.69, 9.17) is 9.47 Å². The Labute approximate surface area is 139 Å². The van der Waals surface area contributed by atoms with Crippen molar-refractivity contribution in [2.45, 2.75) is 39.2 Å². The van der Waals surface area contributed by atoms with Gasteiger partial charge in [0.2, 0.25) is 0 Å². The maximum Gasteiger partial charge on any atom is 0.191 e. The molecule has 23 heavy (non-hydrogen) atoms. The van der Waals surface area contributed by atoms with Crippen LogP contribution in [0.1, 0.15) is 30.9 Å². The molecule has 1 fully saturated rings. The van der Waals surface area contributed by atoms with Crippen LogP contribution in [-0.2, 0) is 11.2 Å². The molecule has 1 heterocycles. The quantitative estimate of drug-likeness (QED) is 0.598. The third-order valence-electron chi connectivity index (χ3n) is 3.94. The molecular weight excluding hydrogens is 290 g/mol. The zero-order valence-electron chi connectivity index (χ0n) is 14.5. The van der Waals surface area contributed by atoms with Gasteiger partial charge in [-0.1, -0.05) is 17.7 Å². The second-order valence-corrected chi connectivity index (χ2v) is 5.85. The molecule has 0 bridgehead atoms. The number of methoxy groups -OCH3 is 1. The van der Waals surface area contributed by atoms with Crippen molar-refractivity contribution in [3.63, 3.8) is 0 Å². The zero-order chi connectivity index (χ0) is 16.5. The van der Waals surface area contributed by atoms with Crippen molar-refractivity contribution < 1.29 is 9.47 Å². The molecule has 128 valence electrons. The van der Waals surface area contributed by atoms with Gasteiger partial charge in [0.15, 0.2) is 5.96 Å². The second kappa shape index (κ2) is 9.40. The van der Waals surface area contributed by atoms with E-state index in [1.165, 1.54) is 11.1 Å². The van der Waals surface area contributed by atoms with Crippen molar-refractivity contribution >= 4 is 5.96 Å². The zero-order valence-corrected chi connectivity index (χ0v) is 14.5. The van der Waals surface area contributed by atoms with Crippen LogP contribution in [0.25, 0.3) is 0 Å². The van der Waals surface area contributed by atoms with Crippen molar-refractivity contribution in [1.29, 1.82) is 0 Å². The van der Waals surface area contributed by atoms with Gasteiger partial charge in [-0.15, -0.1) is 0 Å². The van der Waals surface area contributed by atoms with Crippen molar-refractivity contribution in [1.82, 2.24) is 10.6 Å². The average molecular weight is 319 g/mol. The second-order valence-electron chi connectivity index (χ2n) is 5.85. The molecular formula is C18H29N3O2. The summed E-state index contributed by atoms with van der Waals surface area (Å²) < 4.78 is 11.0. The smallest absolute Gasteiger partial charge is 0.191 e. The standard InChI is InChI=1S/C18H29N3O2/c1-4-19-18(21-13-16-6-5-11-23-16)20-10-9-15-12-14(2)7-8-17(15)22-3/h7-8,12,16H,4-6,9-11,13H2,1-3H3,(H2,19,20,21). The van der Waals surface area contributed by atoms with Crippen LogP contribution in [0, 0.1) is 6.92 Å². The van der Waals surface area contributed by atoms with Gasteiger partial charge < -0.3 is 20.1 Å². The molecule has 0 amide bonds. The normalized spacial score (nSPS) is 18.0. The van der Waals surface area contributed by atoms with Gasteiger partial charge >= 0.3 is 0 Å². The van der Waals surface area contributed by atoms with E-state index in [-0.39, 0.29) is 6.10 Å². The minimum atomic E-state index is 0.280. The molecule has 5 nitrogen and oxygen atoms in total. The molecule has 0 saturated carbocycles. The van der Waals surface area contributed by atoms with E-state index >= 15 is 0 Å². The Morgan fingerprint density at radius 3 is 2.96 bits per heavy atom. The SMILES string of the molecule is CCNC(=NCC1CCCO1)NCCc1cc(C)ccc1OC. The first-order valence-corrected chi connectivity index (χ1v) is 8.50. The summed E-state index contributed by atoms with van der Waals surface area (Å²) in [5, 5.41) is 6.68. The van der Waals surface area contributed by atoms with Crippen LogP contribution in [-0.4, -0.2) is 45.4 Å². The molecule has 1 aromatic rings. The summed E-state index contributed by atoms with van der Waals surface area (Å²) >= 11 is 0. The molecule has 0 aliphatic carbocycles. The average Bonchev–Trinajstić information content (AvgIpc) is 3.06. The molecule has 1 aliphatic heterocycles. The van der Waals surface area contributed by atoms with Gasteiger partial charge in [0.1, 0.15) is 5.75 Å². The van der Waals surface area contributed by atoms with Gasteiger partial charge in [0.25, 0.3) is 0 Å². The fourth-order valence-corrected chi connectivity index (χ4v) is 2.74. The fourth-order valence-electron chi connectivity index (χ4n) is 2.74. The lowest BCUT2D eigenvalue weighted by atomic mass is 10.1. The molecule has 0 radical (unpaired) electrons. The van der Waals surface area contributed by atoms with E-state index in [1.54, 1.807) is 7.11 Å². The van der Waals surface area contributed by atoms with Gasteiger partial charge in [0.05, 0.1) is 19.8 Å². The number of rotatable bonds is 7. The lowest BCUT2D eigenvalue weighted by molar-refractivity contribution is 0.117. The number of nitrogens with one attached hydrogen (secondary N) is 2. The molecule has 0 spiro atoms. The highest BCUT2D eigenvalue weighted by molar-refractivity contribution is 5.79. The van der Waals surface area contributed by atoms with Crippen molar-refractivity contribution in [2.24, 2.45) is 4.99 Å². The van der Waals surface area contributed by atoms with Crippen LogP contribution in [0.4, 0.5) is 0 Å². The summed E-state index contributed by atoms with van der Waals surface area (Å²) in [7, 11) is 1.72. The van der Waals surface area contributed by atoms with Gasteiger partial charge in [-0.3, -0.25) is 4.99 Å². The fraction of sp³-hybridized carbons (Fsp3) is 0.611. The molecule has 1 aliphatic rings. The summed E-state index contributed by atoms with van der Waals surface area (Å²) in [5.41, 5.74) is 2.47. The van der Waals surface area contributed by atoms with Crippen LogP contribution < -0.4 is 15.4 Å². The molecule has 5 heteroatoms. The number of nitrogens with zero attached hydrogens (tertiary/aromatic N) is 1. The highest BCUT2D eigenvalue weighted by Gasteiger charge is 2.14. The Morgan fingerprint density at radius 1 is 1.39 bits per heavy atom. The van der Waals surface area contributed by atoms with E-state index in [1.807, 2.05) is 6.07 Å². The summed E-state index contributed by atoms with van der Waals surface area (Å²) in [6.45, 7) is 7.44. The maximum atomic E-state index is 5.62. The molecule has 1 aromatic carbocycles. The van der Waals surface area contributed by atoms with Gasteiger partial charge in [-0.05, 0) is 44.7 Å². The van der Waals surface area contributed by atoms with Crippen LogP contribution >= 0.6 is 0 Å². The number of hydrogen-bond acceptors (Lipinski definition) is 3. The molecule has 1 atom stereocenters. The number of guanidine groups is 1. The number of aryl methyl sites for hydroxylation is 1. The minimum absolute atomic E-state index is 0.280.